The van der Waals surface area contributed by atoms with E-state index in [2.05, 4.69) is 4.74 Å². The summed E-state index contributed by atoms with van der Waals surface area (Å²) in [5.41, 5.74) is 0.966. The van der Waals surface area contributed by atoms with Gasteiger partial charge in [-0.1, -0.05) is 17.7 Å². The normalized spacial score (nSPS) is 23.0. The van der Waals surface area contributed by atoms with Crippen molar-refractivity contribution in [2.75, 3.05) is 7.11 Å². The number of hydrogen-bond acceptors (Lipinski definition) is 2. The van der Waals surface area contributed by atoms with E-state index in [0.717, 1.165) is 18.4 Å². The second-order valence-corrected chi connectivity index (χ2v) is 4.90. The largest absolute Gasteiger partial charge is 0.469 e. The van der Waals surface area contributed by atoms with Crippen molar-refractivity contribution < 1.29 is 13.9 Å². The van der Waals surface area contributed by atoms with Crippen molar-refractivity contribution in [2.45, 2.75) is 25.2 Å². The summed E-state index contributed by atoms with van der Waals surface area (Å²) in [6.45, 7) is 0. The van der Waals surface area contributed by atoms with Crippen molar-refractivity contribution in [3.63, 3.8) is 0 Å². The molecule has 1 saturated carbocycles. The molecule has 0 N–H and O–H groups in total. The predicted molar refractivity (Wildman–Crippen MR) is 63.5 cm³/mol. The first-order valence-electron chi connectivity index (χ1n) is 5.62. The molecule has 1 aromatic carbocycles. The van der Waals surface area contributed by atoms with Crippen LogP contribution in [0, 0.1) is 11.7 Å². The summed E-state index contributed by atoms with van der Waals surface area (Å²) in [4.78, 5) is 11.1. The van der Waals surface area contributed by atoms with Crippen molar-refractivity contribution in [1.29, 1.82) is 0 Å². The van der Waals surface area contributed by atoms with Crippen LogP contribution < -0.4 is 0 Å². The fourth-order valence-electron chi connectivity index (χ4n) is 2.26. The lowest BCUT2D eigenvalue weighted by Gasteiger charge is -2.35. The molecule has 0 bridgehead atoms. The van der Waals surface area contributed by atoms with Gasteiger partial charge in [-0.25, -0.2) is 4.39 Å². The van der Waals surface area contributed by atoms with Gasteiger partial charge in [0.15, 0.2) is 0 Å². The van der Waals surface area contributed by atoms with E-state index in [9.17, 15) is 9.18 Å². The summed E-state index contributed by atoms with van der Waals surface area (Å²) in [7, 11) is 1.40. The first-order chi connectivity index (χ1) is 8.10. The Labute approximate surface area is 105 Å². The van der Waals surface area contributed by atoms with E-state index < -0.39 is 0 Å². The highest BCUT2D eigenvalue weighted by Crippen LogP contribution is 2.43. The van der Waals surface area contributed by atoms with Gasteiger partial charge in [-0.05, 0) is 42.4 Å². The average Bonchev–Trinajstić information content (AvgIpc) is 2.26. The van der Waals surface area contributed by atoms with E-state index in [-0.39, 0.29) is 16.8 Å². The molecule has 0 amide bonds. The molecule has 0 atom stereocenters. The van der Waals surface area contributed by atoms with E-state index >= 15 is 0 Å². The Morgan fingerprint density at radius 2 is 2.24 bits per heavy atom. The molecule has 17 heavy (non-hydrogen) atoms. The van der Waals surface area contributed by atoms with Gasteiger partial charge >= 0.3 is 5.97 Å². The zero-order chi connectivity index (χ0) is 12.4. The zero-order valence-corrected chi connectivity index (χ0v) is 10.3. The number of esters is 1. The molecule has 0 heterocycles. The second-order valence-electron chi connectivity index (χ2n) is 4.49. The molecule has 0 spiro atoms. The molecule has 2 nitrogen and oxygen atoms in total. The van der Waals surface area contributed by atoms with Crippen LogP contribution in [0.5, 0.6) is 0 Å². The van der Waals surface area contributed by atoms with Gasteiger partial charge in [0.1, 0.15) is 5.82 Å². The highest BCUT2D eigenvalue weighted by atomic mass is 35.5. The minimum absolute atomic E-state index is 0.152. The van der Waals surface area contributed by atoms with E-state index in [1.807, 2.05) is 6.07 Å². The minimum Gasteiger partial charge on any atom is -0.469 e. The molecule has 0 aromatic heterocycles. The molecule has 1 aromatic rings. The summed E-state index contributed by atoms with van der Waals surface area (Å²) in [5, 5.41) is 0.152. The maximum absolute atomic E-state index is 13.3. The van der Waals surface area contributed by atoms with E-state index in [1.165, 1.54) is 13.2 Å². The van der Waals surface area contributed by atoms with Gasteiger partial charge in [0.2, 0.25) is 0 Å². The Bertz CT molecular complexity index is 427. The van der Waals surface area contributed by atoms with Gasteiger partial charge in [-0.15, -0.1) is 0 Å². The lowest BCUT2D eigenvalue weighted by atomic mass is 9.70. The molecule has 0 aliphatic heterocycles. The number of rotatable bonds is 3. The van der Waals surface area contributed by atoms with Crippen LogP contribution in [0.4, 0.5) is 4.39 Å². The first-order valence-corrected chi connectivity index (χ1v) is 5.99. The Hall–Kier alpha value is -1.09. The van der Waals surface area contributed by atoms with Crippen LogP contribution in [-0.4, -0.2) is 13.1 Å². The summed E-state index contributed by atoms with van der Waals surface area (Å²) >= 11 is 5.63. The number of carbonyl (C=O) groups is 1. The fourth-order valence-corrected chi connectivity index (χ4v) is 2.38. The van der Waals surface area contributed by atoms with Crippen molar-refractivity contribution in [1.82, 2.24) is 0 Å². The molecule has 2 rings (SSSR count). The molecular weight excluding hydrogens is 243 g/mol. The van der Waals surface area contributed by atoms with Gasteiger partial charge < -0.3 is 4.74 Å². The number of hydrogen-bond donors (Lipinski definition) is 0. The first kappa shape index (κ1) is 12.4. The SMILES string of the molecule is COC(=O)C[C@H]1C[C@@H](c2ccc(Cl)c(F)c2)C1. The summed E-state index contributed by atoms with van der Waals surface area (Å²) in [6.07, 6.45) is 2.29. The van der Waals surface area contributed by atoms with Crippen LogP contribution in [0.15, 0.2) is 18.2 Å². The van der Waals surface area contributed by atoms with Crippen molar-refractivity contribution in [3.8, 4) is 0 Å². The van der Waals surface area contributed by atoms with Gasteiger partial charge in [0, 0.05) is 6.42 Å². The number of benzene rings is 1. The predicted octanol–water partition coefficient (Wildman–Crippen LogP) is 3.54. The maximum atomic E-state index is 13.3. The zero-order valence-electron chi connectivity index (χ0n) is 9.58. The van der Waals surface area contributed by atoms with Gasteiger partial charge in [0.25, 0.3) is 0 Å². The van der Waals surface area contributed by atoms with Gasteiger partial charge in [-0.2, -0.15) is 0 Å². The molecule has 4 heteroatoms. The summed E-state index contributed by atoms with van der Waals surface area (Å²) in [6, 6.07) is 4.92. The molecule has 1 fully saturated rings. The molecule has 92 valence electrons. The molecule has 1 aliphatic rings. The van der Waals surface area contributed by atoms with Crippen LogP contribution in [0.2, 0.25) is 5.02 Å². The van der Waals surface area contributed by atoms with E-state index in [0.29, 0.717) is 18.3 Å². The summed E-state index contributed by atoms with van der Waals surface area (Å²) < 4.78 is 17.9. The van der Waals surface area contributed by atoms with Crippen LogP contribution in [0.3, 0.4) is 0 Å². The van der Waals surface area contributed by atoms with Crippen molar-refractivity contribution in [2.24, 2.45) is 5.92 Å². The maximum Gasteiger partial charge on any atom is 0.305 e. The highest BCUT2D eigenvalue weighted by Gasteiger charge is 2.32. The number of methoxy groups -OCH3 is 1. The average molecular weight is 257 g/mol. The van der Waals surface area contributed by atoms with Crippen LogP contribution in [-0.2, 0) is 9.53 Å². The van der Waals surface area contributed by atoms with Crippen LogP contribution >= 0.6 is 11.6 Å². The fraction of sp³-hybridized carbons (Fsp3) is 0.462. The summed E-state index contributed by atoms with van der Waals surface area (Å²) in [5.74, 6) is 0.166. The van der Waals surface area contributed by atoms with Gasteiger partial charge in [0.05, 0.1) is 12.1 Å². The Morgan fingerprint density at radius 3 is 2.82 bits per heavy atom. The standard InChI is InChI=1S/C13H14ClFO2/c1-17-13(16)6-8-4-10(5-8)9-2-3-11(14)12(15)7-9/h2-3,7-8,10H,4-6H2,1H3/t8-,10+. The smallest absolute Gasteiger partial charge is 0.305 e. The molecule has 0 radical (unpaired) electrons. The Kier molecular flexibility index (Phi) is 3.67. The monoisotopic (exact) mass is 256 g/mol. The van der Waals surface area contributed by atoms with Crippen molar-refractivity contribution >= 4 is 17.6 Å². The van der Waals surface area contributed by atoms with Crippen LogP contribution in [0.25, 0.3) is 0 Å². The minimum atomic E-state index is -0.374. The number of ether oxygens (including phenoxy) is 1. The third-order valence-electron chi connectivity index (χ3n) is 3.33. The molecule has 0 saturated heterocycles. The highest BCUT2D eigenvalue weighted by molar-refractivity contribution is 6.30. The van der Waals surface area contributed by atoms with Crippen molar-refractivity contribution in [3.05, 3.63) is 34.6 Å². The number of carbonyl (C=O) groups excluding carboxylic acids is 1. The third-order valence-corrected chi connectivity index (χ3v) is 3.64. The quantitative estimate of drug-likeness (QED) is 0.774. The lowest BCUT2D eigenvalue weighted by Crippen LogP contribution is -2.24. The lowest BCUT2D eigenvalue weighted by molar-refractivity contribution is -0.142. The number of halogens is 2. The Morgan fingerprint density at radius 1 is 1.53 bits per heavy atom. The molecule has 0 unspecified atom stereocenters. The van der Waals surface area contributed by atoms with Gasteiger partial charge in [-0.3, -0.25) is 4.79 Å². The molecular formula is C13H14ClFO2. The van der Waals surface area contributed by atoms with E-state index in [1.54, 1.807) is 6.07 Å². The third kappa shape index (κ3) is 2.78. The molecule has 1 aliphatic carbocycles. The second kappa shape index (κ2) is 5.05. The Balaban J connectivity index is 1.91. The van der Waals surface area contributed by atoms with Crippen LogP contribution in [0.1, 0.15) is 30.7 Å². The topological polar surface area (TPSA) is 26.3 Å². The van der Waals surface area contributed by atoms with E-state index in [4.69, 9.17) is 11.6 Å².